The van der Waals surface area contributed by atoms with E-state index < -0.39 is 23.5 Å². The lowest BCUT2D eigenvalue weighted by Gasteiger charge is -2.13. The third kappa shape index (κ3) is 5.72. The highest BCUT2D eigenvalue weighted by Gasteiger charge is 2.36. The number of aromatic nitrogens is 2. The van der Waals surface area contributed by atoms with Gasteiger partial charge in [-0.25, -0.2) is 19.4 Å². The monoisotopic (exact) mass is 411 g/mol. The number of aliphatic imine (C=N–C) groups is 1. The van der Waals surface area contributed by atoms with E-state index in [0.717, 1.165) is 38.1 Å². The molecule has 10 heteroatoms. The zero-order valence-corrected chi connectivity index (χ0v) is 16.0. The second-order valence-electron chi connectivity index (χ2n) is 6.43. The van der Waals surface area contributed by atoms with E-state index >= 15 is 0 Å². The number of nitrogen functional groups attached to an aromatic ring is 1. The average molecular weight is 411 g/mol. The van der Waals surface area contributed by atoms with Gasteiger partial charge in [0.05, 0.1) is 23.9 Å². The zero-order chi connectivity index (χ0) is 21.6. The largest absolute Gasteiger partial charge is 0.437 e. The number of aldehydes is 1. The van der Waals surface area contributed by atoms with Gasteiger partial charge in [0.25, 0.3) is 0 Å². The van der Waals surface area contributed by atoms with Crippen LogP contribution in [0.2, 0.25) is 0 Å². The number of halogens is 4. The minimum atomic E-state index is -4.77. The molecule has 0 fully saturated rings. The van der Waals surface area contributed by atoms with Gasteiger partial charge in [-0.3, -0.25) is 4.79 Å². The van der Waals surface area contributed by atoms with E-state index in [0.29, 0.717) is 6.29 Å². The van der Waals surface area contributed by atoms with Crippen LogP contribution < -0.4 is 5.73 Å². The van der Waals surface area contributed by atoms with Gasteiger partial charge in [-0.2, -0.15) is 13.2 Å². The number of hydrogen-bond donors (Lipinski definition) is 1. The molecule has 29 heavy (non-hydrogen) atoms. The Morgan fingerprint density at radius 2 is 2.00 bits per heavy atom. The van der Waals surface area contributed by atoms with Crippen molar-refractivity contribution in [3.63, 3.8) is 0 Å². The number of nitrogens with zero attached hydrogens (tertiary/aromatic N) is 4. The lowest BCUT2D eigenvalue weighted by Crippen LogP contribution is -2.17. The maximum absolute atomic E-state index is 14.4. The molecular formula is C19H21F4N5O. The first-order chi connectivity index (χ1) is 13.7. The van der Waals surface area contributed by atoms with Crippen molar-refractivity contribution in [1.29, 1.82) is 0 Å². The summed E-state index contributed by atoms with van der Waals surface area (Å²) in [6.07, 6.45) is 1.06. The Morgan fingerprint density at radius 1 is 1.28 bits per heavy atom. The van der Waals surface area contributed by atoms with Crippen LogP contribution in [0, 0.1) is 5.82 Å². The third-order valence-electron chi connectivity index (χ3n) is 4.10. The number of nitrogens with two attached hydrogens (primary N) is 1. The molecule has 0 aliphatic heterocycles. The number of hydrogen-bond acceptors (Lipinski definition) is 5. The Balaban J connectivity index is 2.38. The van der Waals surface area contributed by atoms with Gasteiger partial charge < -0.3 is 10.6 Å². The van der Waals surface area contributed by atoms with Crippen LogP contribution in [0.15, 0.2) is 23.3 Å². The Hall–Kier alpha value is -3.04. The number of carbonyl (C=O) groups is 1. The first-order valence-corrected chi connectivity index (χ1v) is 8.90. The third-order valence-corrected chi connectivity index (χ3v) is 4.10. The molecule has 2 N–H and O–H groups in total. The van der Waals surface area contributed by atoms with Gasteiger partial charge in [0.2, 0.25) is 0 Å². The molecule has 0 aliphatic rings. The van der Waals surface area contributed by atoms with Gasteiger partial charge in [-0.15, -0.1) is 0 Å². The van der Waals surface area contributed by atoms with Crippen molar-refractivity contribution in [1.82, 2.24) is 14.9 Å². The Bertz CT molecular complexity index is 899. The molecule has 0 radical (unpaired) electrons. The van der Waals surface area contributed by atoms with E-state index in [1.165, 1.54) is 12.4 Å². The highest BCUT2D eigenvalue weighted by atomic mass is 19.4. The van der Waals surface area contributed by atoms with E-state index in [-0.39, 0.29) is 22.5 Å². The van der Waals surface area contributed by atoms with Crippen molar-refractivity contribution in [3.8, 4) is 11.3 Å². The SMILES string of the molecule is CCCCCN(C)C=Nc1cc(-c2cnc(C(F)(F)F)c(N)n2)c(F)cc1C=O. The second kappa shape index (κ2) is 9.44. The number of carbonyl (C=O) groups excluding carboxylic acids is 1. The Morgan fingerprint density at radius 3 is 2.59 bits per heavy atom. The molecule has 0 aliphatic carbocycles. The summed E-state index contributed by atoms with van der Waals surface area (Å²) >= 11 is 0. The number of unbranched alkanes of at least 4 members (excludes halogenated alkanes) is 2. The summed E-state index contributed by atoms with van der Waals surface area (Å²) in [4.78, 5) is 24.2. The first kappa shape index (κ1) is 22.3. The fourth-order valence-electron chi connectivity index (χ4n) is 2.56. The van der Waals surface area contributed by atoms with E-state index in [1.807, 2.05) is 11.9 Å². The van der Waals surface area contributed by atoms with Crippen molar-refractivity contribution in [3.05, 3.63) is 35.4 Å². The lowest BCUT2D eigenvalue weighted by atomic mass is 10.1. The topological polar surface area (TPSA) is 84.5 Å². The summed E-state index contributed by atoms with van der Waals surface area (Å²) in [7, 11) is 1.81. The quantitative estimate of drug-likeness (QED) is 0.228. The fraction of sp³-hybridized carbons (Fsp3) is 0.368. The van der Waals surface area contributed by atoms with E-state index in [9.17, 15) is 22.4 Å². The summed E-state index contributed by atoms with van der Waals surface area (Å²) < 4.78 is 52.8. The standard InChI is InChI=1S/C19H21F4N5O/c1-3-4-5-6-28(2)11-26-15-8-13(14(20)7-12(15)10-29)16-9-25-17(18(24)27-16)19(21,22)23/h7-11H,3-6H2,1-2H3,(H2,24,27). The van der Waals surface area contributed by atoms with Crippen LogP contribution >= 0.6 is 0 Å². The normalized spacial score (nSPS) is 11.8. The van der Waals surface area contributed by atoms with Gasteiger partial charge >= 0.3 is 6.18 Å². The van der Waals surface area contributed by atoms with Crippen molar-refractivity contribution >= 4 is 24.1 Å². The van der Waals surface area contributed by atoms with Crippen LogP contribution in [0.4, 0.5) is 29.1 Å². The van der Waals surface area contributed by atoms with E-state index in [4.69, 9.17) is 5.73 Å². The summed E-state index contributed by atoms with van der Waals surface area (Å²) in [6.45, 7) is 2.84. The van der Waals surface area contributed by atoms with Crippen molar-refractivity contribution in [2.24, 2.45) is 4.99 Å². The fourth-order valence-corrected chi connectivity index (χ4v) is 2.56. The number of benzene rings is 1. The van der Waals surface area contributed by atoms with Gasteiger partial charge in [0.1, 0.15) is 5.82 Å². The van der Waals surface area contributed by atoms with Crippen LogP contribution in [-0.4, -0.2) is 41.1 Å². The molecule has 0 atom stereocenters. The maximum atomic E-state index is 14.4. The van der Waals surface area contributed by atoms with Crippen molar-refractivity contribution < 1.29 is 22.4 Å². The molecule has 0 amide bonds. The minimum Gasteiger partial charge on any atom is -0.382 e. The van der Waals surface area contributed by atoms with E-state index in [2.05, 4.69) is 21.9 Å². The predicted molar refractivity (Wildman–Crippen MR) is 103 cm³/mol. The molecule has 0 unspecified atom stereocenters. The van der Waals surface area contributed by atoms with Crippen LogP contribution in [0.3, 0.4) is 0 Å². The molecule has 0 spiro atoms. The summed E-state index contributed by atoms with van der Waals surface area (Å²) in [6, 6.07) is 2.17. The number of anilines is 1. The molecular weight excluding hydrogens is 390 g/mol. The summed E-state index contributed by atoms with van der Waals surface area (Å²) in [5.74, 6) is -1.72. The number of rotatable bonds is 8. The molecule has 156 valence electrons. The molecule has 1 heterocycles. The van der Waals surface area contributed by atoms with Gasteiger partial charge in [-0.1, -0.05) is 19.8 Å². The maximum Gasteiger partial charge on any atom is 0.437 e. The molecule has 1 aromatic carbocycles. The van der Waals surface area contributed by atoms with Gasteiger partial charge in [-0.05, 0) is 18.6 Å². The predicted octanol–water partition coefficient (Wildman–Crippen LogP) is 4.48. The zero-order valence-electron chi connectivity index (χ0n) is 16.0. The summed E-state index contributed by atoms with van der Waals surface area (Å²) in [5, 5.41) is 0. The van der Waals surface area contributed by atoms with Crippen molar-refractivity contribution in [2.45, 2.75) is 32.4 Å². The summed E-state index contributed by atoms with van der Waals surface area (Å²) in [5.41, 5.74) is 3.78. The van der Waals surface area contributed by atoms with E-state index in [1.54, 1.807) is 0 Å². The Labute approximate surface area is 165 Å². The number of alkyl halides is 3. The van der Waals surface area contributed by atoms with Crippen LogP contribution in [-0.2, 0) is 6.18 Å². The van der Waals surface area contributed by atoms with Crippen LogP contribution in [0.5, 0.6) is 0 Å². The minimum absolute atomic E-state index is 0.00250. The molecule has 0 saturated heterocycles. The lowest BCUT2D eigenvalue weighted by molar-refractivity contribution is -0.140. The highest BCUT2D eigenvalue weighted by molar-refractivity contribution is 5.86. The van der Waals surface area contributed by atoms with Crippen LogP contribution in [0.1, 0.15) is 42.2 Å². The van der Waals surface area contributed by atoms with Gasteiger partial charge in [0, 0.05) is 24.7 Å². The Kier molecular flexibility index (Phi) is 7.24. The van der Waals surface area contributed by atoms with Crippen molar-refractivity contribution in [2.75, 3.05) is 19.3 Å². The highest BCUT2D eigenvalue weighted by Crippen LogP contribution is 2.33. The van der Waals surface area contributed by atoms with Gasteiger partial charge in [0.15, 0.2) is 17.8 Å². The smallest absolute Gasteiger partial charge is 0.382 e. The molecule has 2 rings (SSSR count). The molecule has 0 saturated carbocycles. The first-order valence-electron chi connectivity index (χ1n) is 8.90. The molecule has 2 aromatic rings. The van der Waals surface area contributed by atoms with Crippen LogP contribution in [0.25, 0.3) is 11.3 Å². The molecule has 0 bridgehead atoms. The molecule has 1 aromatic heterocycles. The average Bonchev–Trinajstić information content (AvgIpc) is 2.65. The second-order valence-corrected chi connectivity index (χ2v) is 6.43. The molecule has 6 nitrogen and oxygen atoms in total.